The number of carbonyl (C=O) groups excluding carboxylic acids is 1. The van der Waals surface area contributed by atoms with Gasteiger partial charge in [-0.15, -0.1) is 0 Å². The van der Waals surface area contributed by atoms with Crippen LogP contribution in [0.4, 0.5) is 0 Å². The van der Waals surface area contributed by atoms with Gasteiger partial charge in [0.2, 0.25) is 5.91 Å². The van der Waals surface area contributed by atoms with Gasteiger partial charge in [0.1, 0.15) is 0 Å². The first kappa shape index (κ1) is 12.4. The van der Waals surface area contributed by atoms with Crippen molar-refractivity contribution in [3.63, 3.8) is 0 Å². The van der Waals surface area contributed by atoms with Crippen LogP contribution in [-0.2, 0) is 11.3 Å². The zero-order chi connectivity index (χ0) is 13.3. The van der Waals surface area contributed by atoms with Gasteiger partial charge >= 0.3 is 0 Å². The molecule has 2 aromatic rings. The predicted molar refractivity (Wildman–Crippen MR) is 68.2 cm³/mol. The number of hydrogen-bond acceptors (Lipinski definition) is 3. The van der Waals surface area contributed by atoms with Gasteiger partial charge in [-0.1, -0.05) is 20.8 Å². The van der Waals surface area contributed by atoms with E-state index in [1.807, 2.05) is 20.8 Å². The average Bonchev–Trinajstić information content (AvgIpc) is 2.69. The third-order valence-corrected chi connectivity index (χ3v) is 2.62. The Bertz CT molecular complexity index is 581. The van der Waals surface area contributed by atoms with Gasteiger partial charge in [-0.3, -0.25) is 4.79 Å². The van der Waals surface area contributed by atoms with Crippen LogP contribution in [0.15, 0.2) is 24.5 Å². The summed E-state index contributed by atoms with van der Waals surface area (Å²) in [5, 5.41) is 12.4. The lowest BCUT2D eigenvalue weighted by Gasteiger charge is -2.16. The van der Waals surface area contributed by atoms with E-state index in [1.165, 1.54) is 0 Å². The summed E-state index contributed by atoms with van der Waals surface area (Å²) in [4.78, 5) is 16.0. The number of aromatic nitrogens is 2. The Morgan fingerprint density at radius 3 is 2.83 bits per heavy atom. The maximum absolute atomic E-state index is 11.7. The molecule has 0 spiro atoms. The van der Waals surface area contributed by atoms with Crippen LogP contribution >= 0.6 is 0 Å². The number of amides is 1. The molecule has 2 aromatic heterocycles. The number of pyridine rings is 1. The highest BCUT2D eigenvalue weighted by atomic mass is 16.3. The molecule has 5 nitrogen and oxygen atoms in total. The van der Waals surface area contributed by atoms with Crippen LogP contribution < -0.4 is 5.32 Å². The van der Waals surface area contributed by atoms with Crippen molar-refractivity contribution >= 4 is 11.6 Å². The molecule has 96 valence electrons. The number of rotatable bonds is 2. The van der Waals surface area contributed by atoms with Gasteiger partial charge in [-0.05, 0) is 12.1 Å². The molecule has 0 saturated carbocycles. The third kappa shape index (κ3) is 2.45. The highest BCUT2D eigenvalue weighted by Gasteiger charge is 2.20. The topological polar surface area (TPSA) is 66.6 Å². The lowest BCUT2D eigenvalue weighted by molar-refractivity contribution is -0.128. The van der Waals surface area contributed by atoms with E-state index < -0.39 is 5.41 Å². The first-order valence-electron chi connectivity index (χ1n) is 5.82. The fraction of sp³-hybridized carbons (Fsp3) is 0.385. The summed E-state index contributed by atoms with van der Waals surface area (Å²) < 4.78 is 1.73. The molecular formula is C13H17N3O2. The van der Waals surface area contributed by atoms with E-state index in [0.29, 0.717) is 17.9 Å². The first-order valence-corrected chi connectivity index (χ1v) is 5.82. The maximum atomic E-state index is 11.7. The van der Waals surface area contributed by atoms with E-state index in [-0.39, 0.29) is 11.7 Å². The summed E-state index contributed by atoms with van der Waals surface area (Å²) in [7, 11) is 0. The molecule has 2 heterocycles. The minimum Gasteiger partial charge on any atom is -0.504 e. The Kier molecular flexibility index (Phi) is 2.98. The second-order valence-electron chi connectivity index (χ2n) is 5.29. The van der Waals surface area contributed by atoms with Gasteiger partial charge in [0.25, 0.3) is 0 Å². The monoisotopic (exact) mass is 247 g/mol. The summed E-state index contributed by atoms with van der Waals surface area (Å²) >= 11 is 0. The fourth-order valence-electron chi connectivity index (χ4n) is 1.57. The zero-order valence-corrected chi connectivity index (χ0v) is 10.8. The Balaban J connectivity index is 2.14. The molecule has 0 atom stereocenters. The van der Waals surface area contributed by atoms with E-state index in [4.69, 9.17) is 0 Å². The molecule has 0 fully saturated rings. The highest BCUT2D eigenvalue weighted by molar-refractivity contribution is 5.81. The van der Waals surface area contributed by atoms with E-state index in [0.717, 1.165) is 0 Å². The van der Waals surface area contributed by atoms with Crippen LogP contribution in [0.25, 0.3) is 5.65 Å². The van der Waals surface area contributed by atoms with Crippen molar-refractivity contribution in [1.29, 1.82) is 0 Å². The number of hydrogen-bond donors (Lipinski definition) is 2. The Morgan fingerprint density at radius 1 is 1.50 bits per heavy atom. The van der Waals surface area contributed by atoms with Crippen LogP contribution in [0.2, 0.25) is 0 Å². The fourth-order valence-corrected chi connectivity index (χ4v) is 1.57. The molecule has 0 aliphatic heterocycles. The lowest BCUT2D eigenvalue weighted by Crippen LogP contribution is -2.34. The van der Waals surface area contributed by atoms with E-state index in [2.05, 4.69) is 10.3 Å². The summed E-state index contributed by atoms with van der Waals surface area (Å²) in [6.07, 6.45) is 3.59. The molecule has 2 N–H and O–H groups in total. The highest BCUT2D eigenvalue weighted by Crippen LogP contribution is 2.17. The van der Waals surface area contributed by atoms with Crippen molar-refractivity contribution < 1.29 is 9.90 Å². The average molecular weight is 247 g/mol. The molecule has 0 aliphatic rings. The molecule has 0 radical (unpaired) electrons. The zero-order valence-electron chi connectivity index (χ0n) is 10.8. The van der Waals surface area contributed by atoms with Gasteiger partial charge in [-0.2, -0.15) is 0 Å². The van der Waals surface area contributed by atoms with Gasteiger partial charge in [-0.25, -0.2) is 4.98 Å². The molecule has 0 bridgehead atoms. The first-order chi connectivity index (χ1) is 8.38. The van der Waals surface area contributed by atoms with Gasteiger partial charge < -0.3 is 14.8 Å². The van der Waals surface area contributed by atoms with Crippen LogP contribution in [0.1, 0.15) is 26.5 Å². The number of nitrogens with one attached hydrogen (secondary N) is 1. The number of carbonyl (C=O) groups is 1. The quantitative estimate of drug-likeness (QED) is 0.848. The molecule has 0 unspecified atom stereocenters. The number of imidazole rings is 1. The summed E-state index contributed by atoms with van der Waals surface area (Å²) in [5.41, 5.74) is 0.799. The molecule has 1 amide bonds. The number of fused-ring (bicyclic) bond motifs is 1. The standard InChI is InChI=1S/C13H17N3O2/c1-13(2,3)12(18)14-7-9-8-16-6-4-5-10(17)11(16)15-9/h4-6,8,17H,7H2,1-3H3,(H,14,18). The normalized spacial score (nSPS) is 11.7. The van der Waals surface area contributed by atoms with Crippen LogP contribution in [0, 0.1) is 5.41 Å². The molecule has 18 heavy (non-hydrogen) atoms. The van der Waals surface area contributed by atoms with Crippen LogP contribution in [-0.4, -0.2) is 20.4 Å². The molecule has 0 saturated heterocycles. The van der Waals surface area contributed by atoms with Crippen molar-refractivity contribution in [1.82, 2.24) is 14.7 Å². The lowest BCUT2D eigenvalue weighted by atomic mass is 9.96. The molecule has 0 aliphatic carbocycles. The second-order valence-corrected chi connectivity index (χ2v) is 5.29. The van der Waals surface area contributed by atoms with Gasteiger partial charge in [0.15, 0.2) is 11.4 Å². The maximum Gasteiger partial charge on any atom is 0.225 e. The van der Waals surface area contributed by atoms with E-state index in [9.17, 15) is 9.90 Å². The summed E-state index contributed by atoms with van der Waals surface area (Å²) in [5.74, 6) is 0.106. The number of aromatic hydroxyl groups is 1. The van der Waals surface area contributed by atoms with Crippen molar-refractivity contribution in [3.05, 3.63) is 30.2 Å². The largest absolute Gasteiger partial charge is 0.504 e. The third-order valence-electron chi connectivity index (χ3n) is 2.62. The van der Waals surface area contributed by atoms with E-state index in [1.54, 1.807) is 28.9 Å². The van der Waals surface area contributed by atoms with Crippen LogP contribution in [0.5, 0.6) is 5.75 Å². The summed E-state index contributed by atoms with van der Waals surface area (Å²) in [6, 6.07) is 3.32. The van der Waals surface area contributed by atoms with Crippen molar-refractivity contribution in [2.45, 2.75) is 27.3 Å². The molecular weight excluding hydrogens is 230 g/mol. The Labute approximate surface area is 105 Å². The molecule has 5 heteroatoms. The minimum atomic E-state index is -0.415. The molecule has 0 aromatic carbocycles. The SMILES string of the molecule is CC(C)(C)C(=O)NCc1cn2cccc(O)c2n1. The number of nitrogens with zero attached hydrogens (tertiary/aromatic N) is 2. The van der Waals surface area contributed by atoms with Crippen molar-refractivity contribution in [3.8, 4) is 5.75 Å². The van der Waals surface area contributed by atoms with E-state index >= 15 is 0 Å². The van der Waals surface area contributed by atoms with Gasteiger partial charge in [0, 0.05) is 17.8 Å². The second kappa shape index (κ2) is 4.33. The van der Waals surface area contributed by atoms with Crippen molar-refractivity contribution in [2.24, 2.45) is 5.41 Å². The predicted octanol–water partition coefficient (Wildman–Crippen LogP) is 1.70. The Hall–Kier alpha value is -2.04. The van der Waals surface area contributed by atoms with Crippen LogP contribution in [0.3, 0.4) is 0 Å². The Morgan fingerprint density at radius 2 is 2.22 bits per heavy atom. The summed E-state index contributed by atoms with van der Waals surface area (Å²) in [6.45, 7) is 5.94. The minimum absolute atomic E-state index is 0.0243. The smallest absolute Gasteiger partial charge is 0.225 e. The van der Waals surface area contributed by atoms with Crippen molar-refractivity contribution in [2.75, 3.05) is 0 Å². The van der Waals surface area contributed by atoms with Gasteiger partial charge in [0.05, 0.1) is 12.2 Å². The molecule has 2 rings (SSSR count).